The smallest absolute Gasteiger partial charge is 0.271 e. The van der Waals surface area contributed by atoms with Crippen molar-refractivity contribution in [3.63, 3.8) is 0 Å². The molecule has 1 N–H and O–H groups in total. The van der Waals surface area contributed by atoms with Gasteiger partial charge in [0, 0.05) is 11.3 Å². The molecular formula is C13H16I2N2O2. The molecule has 0 aromatic heterocycles. The lowest BCUT2D eigenvalue weighted by molar-refractivity contribution is 0.0954. The van der Waals surface area contributed by atoms with E-state index in [1.807, 2.05) is 26.0 Å². The van der Waals surface area contributed by atoms with E-state index in [-0.39, 0.29) is 5.91 Å². The van der Waals surface area contributed by atoms with Gasteiger partial charge in [0.05, 0.1) is 13.7 Å². The molecule has 1 amide bonds. The molecule has 0 aliphatic carbocycles. The van der Waals surface area contributed by atoms with Crippen molar-refractivity contribution in [2.45, 2.75) is 27.2 Å². The number of carbonyl (C=O) groups is 1. The van der Waals surface area contributed by atoms with Crippen LogP contribution < -0.4 is 10.2 Å². The molecule has 1 rings (SSSR count). The summed E-state index contributed by atoms with van der Waals surface area (Å²) < 4.78 is 7.54. The summed E-state index contributed by atoms with van der Waals surface area (Å²) in [7, 11) is 0. The van der Waals surface area contributed by atoms with Crippen LogP contribution in [-0.4, -0.2) is 18.2 Å². The third-order valence-electron chi connectivity index (χ3n) is 2.09. The van der Waals surface area contributed by atoms with Gasteiger partial charge in [-0.1, -0.05) is 6.92 Å². The van der Waals surface area contributed by atoms with Crippen molar-refractivity contribution in [2.75, 3.05) is 6.61 Å². The Balaban J connectivity index is 2.94. The molecule has 0 radical (unpaired) electrons. The summed E-state index contributed by atoms with van der Waals surface area (Å²) in [5.41, 5.74) is 3.91. The van der Waals surface area contributed by atoms with Gasteiger partial charge < -0.3 is 4.74 Å². The van der Waals surface area contributed by atoms with Gasteiger partial charge in [-0.3, -0.25) is 4.79 Å². The van der Waals surface area contributed by atoms with Crippen LogP contribution in [-0.2, 0) is 0 Å². The normalized spacial score (nSPS) is 9.95. The predicted molar refractivity (Wildman–Crippen MR) is 93.9 cm³/mol. The van der Waals surface area contributed by atoms with E-state index < -0.39 is 0 Å². The molecule has 6 heteroatoms. The number of hydrogen-bond acceptors (Lipinski definition) is 3. The van der Waals surface area contributed by atoms with Crippen LogP contribution in [0.1, 0.15) is 37.6 Å². The molecule has 4 nitrogen and oxygen atoms in total. The van der Waals surface area contributed by atoms with E-state index in [1.54, 1.807) is 0 Å². The predicted octanol–water partition coefficient (Wildman–Crippen LogP) is 3.81. The number of carbonyl (C=O) groups excluding carboxylic acids is 1. The van der Waals surface area contributed by atoms with Gasteiger partial charge in [-0.2, -0.15) is 5.10 Å². The van der Waals surface area contributed by atoms with Crippen molar-refractivity contribution in [1.29, 1.82) is 0 Å². The highest BCUT2D eigenvalue weighted by Gasteiger charge is 2.13. The number of hydrazone groups is 1. The maximum absolute atomic E-state index is 11.9. The lowest BCUT2D eigenvalue weighted by Gasteiger charge is -2.11. The number of ether oxygens (including phenoxy) is 1. The van der Waals surface area contributed by atoms with E-state index in [4.69, 9.17) is 4.74 Å². The monoisotopic (exact) mass is 486 g/mol. The van der Waals surface area contributed by atoms with Crippen LogP contribution in [0.2, 0.25) is 0 Å². The number of amides is 1. The first-order valence-corrected chi connectivity index (χ1v) is 8.04. The van der Waals surface area contributed by atoms with Crippen molar-refractivity contribution in [3.05, 3.63) is 24.8 Å². The Bertz CT molecular complexity index is 474. The summed E-state index contributed by atoms with van der Waals surface area (Å²) in [5, 5.41) is 3.91. The zero-order valence-electron chi connectivity index (χ0n) is 11.1. The summed E-state index contributed by atoms with van der Waals surface area (Å²) in [6.45, 7) is 6.40. The second-order valence-corrected chi connectivity index (χ2v) is 6.44. The standard InChI is InChI=1S/C13H16I2N2O2/c1-4-5-19-12-10(14)6-9(7-11(12)15)13(18)17-16-8(2)3/h6-7H,4-5H2,1-3H3,(H,17,18). The largest absolute Gasteiger partial charge is 0.491 e. The molecule has 0 saturated heterocycles. The molecule has 1 aromatic carbocycles. The van der Waals surface area contributed by atoms with E-state index >= 15 is 0 Å². The topological polar surface area (TPSA) is 50.7 Å². The lowest BCUT2D eigenvalue weighted by Crippen LogP contribution is -2.19. The number of nitrogens with zero attached hydrogens (tertiary/aromatic N) is 1. The molecule has 0 unspecified atom stereocenters. The van der Waals surface area contributed by atoms with Gasteiger partial charge in [0.2, 0.25) is 0 Å². The molecule has 0 aliphatic heterocycles. The van der Waals surface area contributed by atoms with Gasteiger partial charge >= 0.3 is 0 Å². The van der Waals surface area contributed by atoms with E-state index in [2.05, 4.69) is 62.6 Å². The fourth-order valence-electron chi connectivity index (χ4n) is 1.26. The van der Waals surface area contributed by atoms with Crippen LogP contribution in [0.5, 0.6) is 5.75 Å². The van der Waals surface area contributed by atoms with Crippen LogP contribution in [0.4, 0.5) is 0 Å². The van der Waals surface area contributed by atoms with E-state index in [9.17, 15) is 4.79 Å². The van der Waals surface area contributed by atoms with E-state index in [1.165, 1.54) is 0 Å². The first kappa shape index (κ1) is 16.7. The second kappa shape index (κ2) is 8.03. The Morgan fingerprint density at radius 3 is 2.37 bits per heavy atom. The minimum atomic E-state index is -0.209. The fourth-order valence-corrected chi connectivity index (χ4v) is 3.34. The van der Waals surface area contributed by atoms with Crippen LogP contribution in [0.25, 0.3) is 0 Å². The number of hydrogen-bond donors (Lipinski definition) is 1. The highest BCUT2D eigenvalue weighted by molar-refractivity contribution is 14.1. The average Bonchev–Trinajstić information content (AvgIpc) is 2.34. The van der Waals surface area contributed by atoms with Crippen LogP contribution >= 0.6 is 45.2 Å². The number of nitrogens with one attached hydrogen (secondary N) is 1. The highest BCUT2D eigenvalue weighted by Crippen LogP contribution is 2.29. The Morgan fingerprint density at radius 2 is 1.89 bits per heavy atom. The van der Waals surface area contributed by atoms with Crippen LogP contribution in [0.15, 0.2) is 17.2 Å². The average molecular weight is 486 g/mol. The molecule has 0 heterocycles. The molecule has 0 saturated carbocycles. The van der Waals surface area contributed by atoms with Gasteiger partial charge in [-0.05, 0) is 77.6 Å². The van der Waals surface area contributed by atoms with Gasteiger partial charge in [-0.15, -0.1) is 0 Å². The maximum atomic E-state index is 11.9. The zero-order valence-corrected chi connectivity index (χ0v) is 15.4. The maximum Gasteiger partial charge on any atom is 0.271 e. The number of halogens is 2. The Hall–Kier alpha value is -0.380. The van der Waals surface area contributed by atoms with Gasteiger partial charge in [-0.25, -0.2) is 5.43 Å². The van der Waals surface area contributed by atoms with E-state index in [0.717, 1.165) is 25.0 Å². The molecule has 0 bridgehead atoms. The molecule has 0 atom stereocenters. The third kappa shape index (κ3) is 5.25. The third-order valence-corrected chi connectivity index (χ3v) is 3.69. The minimum absolute atomic E-state index is 0.209. The first-order chi connectivity index (χ1) is 8.95. The first-order valence-electron chi connectivity index (χ1n) is 5.88. The van der Waals surface area contributed by atoms with Crippen molar-refractivity contribution in [3.8, 4) is 5.75 Å². The summed E-state index contributed by atoms with van der Waals surface area (Å²) in [6.07, 6.45) is 0.957. The number of benzene rings is 1. The molecule has 0 fully saturated rings. The van der Waals surface area contributed by atoms with Crippen molar-refractivity contribution in [1.82, 2.24) is 5.43 Å². The molecule has 1 aromatic rings. The van der Waals surface area contributed by atoms with Crippen molar-refractivity contribution >= 4 is 56.8 Å². The SMILES string of the molecule is CCCOc1c(I)cc(C(=O)NN=C(C)C)cc1I. The molecule has 104 valence electrons. The minimum Gasteiger partial charge on any atom is -0.491 e. The summed E-state index contributed by atoms with van der Waals surface area (Å²) in [4.78, 5) is 11.9. The summed E-state index contributed by atoms with van der Waals surface area (Å²) >= 11 is 4.36. The Kier molecular flexibility index (Phi) is 7.05. The number of rotatable bonds is 5. The van der Waals surface area contributed by atoms with Crippen molar-refractivity contribution in [2.24, 2.45) is 5.10 Å². The quantitative estimate of drug-likeness (QED) is 0.391. The van der Waals surface area contributed by atoms with Crippen LogP contribution in [0.3, 0.4) is 0 Å². The van der Waals surface area contributed by atoms with Gasteiger partial charge in [0.1, 0.15) is 5.75 Å². The zero-order chi connectivity index (χ0) is 14.4. The fraction of sp³-hybridized carbons (Fsp3) is 0.385. The van der Waals surface area contributed by atoms with E-state index in [0.29, 0.717) is 12.2 Å². The summed E-state index contributed by atoms with van der Waals surface area (Å²) in [5.74, 6) is 0.633. The van der Waals surface area contributed by atoms with Crippen LogP contribution in [0, 0.1) is 7.14 Å². The lowest BCUT2D eigenvalue weighted by atomic mass is 10.2. The molecule has 0 spiro atoms. The Labute approximate surface area is 140 Å². The van der Waals surface area contributed by atoms with Gasteiger partial charge in [0.15, 0.2) is 0 Å². The Morgan fingerprint density at radius 1 is 1.32 bits per heavy atom. The molecule has 0 aliphatic rings. The second-order valence-electron chi connectivity index (χ2n) is 4.12. The van der Waals surface area contributed by atoms with Crippen molar-refractivity contribution < 1.29 is 9.53 Å². The molecule has 19 heavy (non-hydrogen) atoms. The highest BCUT2D eigenvalue weighted by atomic mass is 127. The van der Waals surface area contributed by atoms with Gasteiger partial charge in [0.25, 0.3) is 5.91 Å². The molecular weight excluding hydrogens is 470 g/mol. The summed E-state index contributed by atoms with van der Waals surface area (Å²) in [6, 6.07) is 3.62.